The third kappa shape index (κ3) is 11.1. The molecule has 4 N–H and O–H groups in total. The quantitative estimate of drug-likeness (QED) is 0.126. The van der Waals surface area contributed by atoms with E-state index in [0.29, 0.717) is 24.8 Å². The zero-order chi connectivity index (χ0) is 41.1. The van der Waals surface area contributed by atoms with Gasteiger partial charge in [0.2, 0.25) is 29.4 Å². The molecule has 6 amide bonds. The van der Waals surface area contributed by atoms with Gasteiger partial charge in [0, 0.05) is 26.6 Å². The topological polar surface area (TPSA) is 210 Å². The third-order valence-electron chi connectivity index (χ3n) is 10.6. The number of nitrogens with zero attached hydrogens (tertiary/aromatic N) is 2. The molecule has 56 heavy (non-hydrogen) atoms. The van der Waals surface area contributed by atoms with Crippen LogP contribution in [-0.4, -0.2) is 116 Å². The van der Waals surface area contributed by atoms with E-state index in [2.05, 4.69) is 21.3 Å². The first-order valence-corrected chi connectivity index (χ1v) is 19.8. The minimum Gasteiger partial charge on any atom is -0.466 e. The molecule has 0 aromatic heterocycles. The van der Waals surface area contributed by atoms with Gasteiger partial charge in [-0.1, -0.05) is 76.8 Å². The molecular weight excluding hydrogens is 724 g/mol. The van der Waals surface area contributed by atoms with Crippen molar-refractivity contribution in [2.75, 3.05) is 40.4 Å². The molecule has 16 nitrogen and oxygen atoms in total. The van der Waals surface area contributed by atoms with E-state index in [0.717, 1.165) is 19.3 Å². The molecule has 1 aromatic carbocycles. The van der Waals surface area contributed by atoms with Gasteiger partial charge in [0.05, 0.1) is 31.7 Å². The molecule has 308 valence electrons. The fraction of sp³-hybridized carbons (Fsp3) is 0.650. The maximum Gasteiger partial charge on any atom is 0.407 e. The summed E-state index contributed by atoms with van der Waals surface area (Å²) < 4.78 is 10.6. The molecule has 16 heteroatoms. The molecule has 2 aliphatic carbocycles. The zero-order valence-electron chi connectivity index (χ0n) is 33.3. The lowest BCUT2D eigenvalue weighted by molar-refractivity contribution is -0.149. The van der Waals surface area contributed by atoms with Crippen LogP contribution in [0.15, 0.2) is 30.3 Å². The van der Waals surface area contributed by atoms with Crippen molar-refractivity contribution < 1.29 is 47.8 Å². The van der Waals surface area contributed by atoms with Crippen molar-refractivity contribution in [1.29, 1.82) is 0 Å². The van der Waals surface area contributed by atoms with Gasteiger partial charge >= 0.3 is 12.1 Å². The van der Waals surface area contributed by atoms with Crippen LogP contribution in [-0.2, 0) is 43.0 Å². The van der Waals surface area contributed by atoms with Gasteiger partial charge < -0.3 is 40.5 Å². The monoisotopic (exact) mass is 782 g/mol. The Morgan fingerprint density at radius 2 is 1.57 bits per heavy atom. The second-order valence-corrected chi connectivity index (χ2v) is 15.5. The second-order valence-electron chi connectivity index (χ2n) is 15.5. The lowest BCUT2D eigenvalue weighted by atomic mass is 9.83. The van der Waals surface area contributed by atoms with Gasteiger partial charge in [-0.15, -0.1) is 0 Å². The van der Waals surface area contributed by atoms with Gasteiger partial charge in [-0.3, -0.25) is 33.6 Å². The van der Waals surface area contributed by atoms with Crippen LogP contribution in [0.4, 0.5) is 4.79 Å². The number of ketones is 1. The number of fused-ring (bicyclic) bond motifs is 1. The fourth-order valence-corrected chi connectivity index (χ4v) is 7.79. The molecule has 0 bridgehead atoms. The number of Topliss-reactive ketones (excluding diaryl/α,β-unsaturated/α-hetero) is 1. The minimum atomic E-state index is -1.31. The molecule has 3 aliphatic rings. The van der Waals surface area contributed by atoms with Gasteiger partial charge in [-0.2, -0.15) is 0 Å². The first-order chi connectivity index (χ1) is 26.7. The number of amides is 6. The van der Waals surface area contributed by atoms with Crippen LogP contribution >= 0.6 is 0 Å². The molecule has 0 spiro atoms. The number of nitrogens with one attached hydrogen (secondary N) is 4. The summed E-state index contributed by atoms with van der Waals surface area (Å²) in [6.45, 7) is 6.98. The molecule has 1 heterocycles. The number of piperidine rings is 1. The van der Waals surface area contributed by atoms with E-state index in [-0.39, 0.29) is 43.9 Å². The second kappa shape index (κ2) is 20.2. The van der Waals surface area contributed by atoms with Gasteiger partial charge in [-0.25, -0.2) is 4.79 Å². The predicted molar refractivity (Wildman–Crippen MR) is 203 cm³/mol. The van der Waals surface area contributed by atoms with Crippen molar-refractivity contribution >= 4 is 47.4 Å². The maximum absolute atomic E-state index is 14.4. The Hall–Kier alpha value is -5.02. The summed E-state index contributed by atoms with van der Waals surface area (Å²) in [5.41, 5.74) is 0.530. The number of carbonyl (C=O) groups excluding carboxylic acids is 8. The van der Waals surface area contributed by atoms with Crippen molar-refractivity contribution in [1.82, 2.24) is 31.1 Å². The number of hydrogen-bond acceptors (Lipinski definition) is 10. The highest BCUT2D eigenvalue weighted by molar-refractivity contribution is 6.38. The Kier molecular flexibility index (Phi) is 15.8. The van der Waals surface area contributed by atoms with Crippen molar-refractivity contribution in [3.8, 4) is 0 Å². The Morgan fingerprint density at radius 3 is 2.18 bits per heavy atom. The summed E-state index contributed by atoms with van der Waals surface area (Å²) in [4.78, 5) is 110. The van der Waals surface area contributed by atoms with Gasteiger partial charge in [0.1, 0.15) is 18.1 Å². The lowest BCUT2D eigenvalue weighted by Crippen LogP contribution is -2.59. The number of esters is 1. The zero-order valence-corrected chi connectivity index (χ0v) is 33.3. The Balaban J connectivity index is 1.49. The summed E-state index contributed by atoms with van der Waals surface area (Å²) in [5.74, 6) is -6.61. The number of hydrogen-bond donors (Lipinski definition) is 4. The smallest absolute Gasteiger partial charge is 0.407 e. The number of benzene rings is 1. The first-order valence-electron chi connectivity index (χ1n) is 19.8. The van der Waals surface area contributed by atoms with Gasteiger partial charge in [0.15, 0.2) is 0 Å². The van der Waals surface area contributed by atoms with Crippen LogP contribution in [0.25, 0.3) is 0 Å². The Morgan fingerprint density at radius 1 is 0.893 bits per heavy atom. The largest absolute Gasteiger partial charge is 0.466 e. The van der Waals surface area contributed by atoms with Crippen molar-refractivity contribution in [3.63, 3.8) is 0 Å². The summed E-state index contributed by atoms with van der Waals surface area (Å²) in [6.07, 6.45) is 3.89. The number of likely N-dealkylation sites (N-methyl/N-ethyl adjacent to an activating group) is 1. The van der Waals surface area contributed by atoms with E-state index in [4.69, 9.17) is 9.47 Å². The summed E-state index contributed by atoms with van der Waals surface area (Å²) in [6, 6.07) is 4.09. The average Bonchev–Trinajstić information content (AvgIpc) is 3.75. The minimum absolute atomic E-state index is 0.0687. The predicted octanol–water partition coefficient (Wildman–Crippen LogP) is 1.87. The highest BCUT2D eigenvalue weighted by atomic mass is 16.5. The maximum atomic E-state index is 14.4. The summed E-state index contributed by atoms with van der Waals surface area (Å²) >= 11 is 0. The third-order valence-corrected chi connectivity index (χ3v) is 10.6. The van der Waals surface area contributed by atoms with Crippen molar-refractivity contribution in [2.24, 2.45) is 29.6 Å². The van der Waals surface area contributed by atoms with E-state index in [9.17, 15) is 38.4 Å². The SMILES string of the molecule is CCCC(NC(=O)C1[C@@H]2[C@H](CN1C(=O)[C@@H](NC(=O)OCC(C)C)C1CCCCC1)[C@@H]2C(=O)OCC)C(=O)C(=O)NCC(=O)NC(C(=O)N(C)C)c1ccccc1. The van der Waals surface area contributed by atoms with E-state index in [1.165, 1.54) is 9.80 Å². The van der Waals surface area contributed by atoms with Gasteiger partial charge in [-0.05, 0) is 49.5 Å². The highest BCUT2D eigenvalue weighted by Crippen LogP contribution is 2.56. The molecule has 1 aliphatic heterocycles. The molecule has 2 saturated carbocycles. The summed E-state index contributed by atoms with van der Waals surface area (Å²) in [5, 5.41) is 10.4. The van der Waals surface area contributed by atoms with E-state index >= 15 is 0 Å². The van der Waals surface area contributed by atoms with Gasteiger partial charge in [0.25, 0.3) is 5.91 Å². The molecule has 0 radical (unpaired) electrons. The average molecular weight is 783 g/mol. The van der Waals surface area contributed by atoms with E-state index < -0.39 is 89.9 Å². The molecule has 3 unspecified atom stereocenters. The van der Waals surface area contributed by atoms with E-state index in [1.54, 1.807) is 58.3 Å². The number of carbonyl (C=O) groups is 8. The molecule has 7 atom stereocenters. The number of alkyl carbamates (subject to hydrolysis) is 1. The van der Waals surface area contributed by atoms with Crippen molar-refractivity contribution in [3.05, 3.63) is 35.9 Å². The van der Waals surface area contributed by atoms with Crippen LogP contribution in [0.1, 0.15) is 84.2 Å². The van der Waals surface area contributed by atoms with Crippen LogP contribution in [0.2, 0.25) is 0 Å². The number of rotatable bonds is 18. The molecular formula is C40H58N6O10. The van der Waals surface area contributed by atoms with Crippen LogP contribution in [0, 0.1) is 29.6 Å². The molecule has 3 fully saturated rings. The van der Waals surface area contributed by atoms with Crippen LogP contribution in [0.3, 0.4) is 0 Å². The molecule has 1 aromatic rings. The number of likely N-dealkylation sites (tertiary alicyclic amines) is 1. The Bertz CT molecular complexity index is 1600. The number of ether oxygens (including phenoxy) is 2. The standard InChI is InChI=1S/C40H58N6O10/c1-7-15-27(34(48)36(50)41-20-28(47)43-31(37(51)45(5)6)24-16-11-9-12-17-24)42-35(49)33-29-26(30(29)39(53)55-8-2)21-46(33)38(52)32(25-18-13-10-14-19-25)44-40(54)56-22-23(3)4/h9,11-12,16-17,23,25-27,29-33H,7-8,10,13-15,18-22H2,1-6H3,(H,41,50)(H,42,49)(H,43,47)(H,44,54)/t26-,27?,29+,30-,31?,32-,33?/m0/s1. The lowest BCUT2D eigenvalue weighted by Gasteiger charge is -2.36. The molecule has 1 saturated heterocycles. The van der Waals surface area contributed by atoms with Crippen LogP contribution < -0.4 is 21.3 Å². The van der Waals surface area contributed by atoms with Crippen molar-refractivity contribution in [2.45, 2.75) is 96.8 Å². The fourth-order valence-electron chi connectivity index (χ4n) is 7.79. The first kappa shape index (κ1) is 43.7. The summed E-state index contributed by atoms with van der Waals surface area (Å²) in [7, 11) is 3.09. The Labute approximate surface area is 328 Å². The normalized spacial score (nSPS) is 21.7. The molecule has 4 rings (SSSR count). The van der Waals surface area contributed by atoms with E-state index in [1.807, 2.05) is 13.8 Å². The highest BCUT2D eigenvalue weighted by Gasteiger charge is 2.68. The van der Waals surface area contributed by atoms with Crippen LogP contribution in [0.5, 0.6) is 0 Å².